The van der Waals surface area contributed by atoms with Crippen molar-refractivity contribution in [3.05, 3.63) is 90.5 Å². The van der Waals surface area contributed by atoms with Gasteiger partial charge in [0.25, 0.3) is 0 Å². The summed E-state index contributed by atoms with van der Waals surface area (Å²) in [6.07, 6.45) is 1.62. The number of aromatic nitrogens is 1. The molecular weight excluding hydrogens is 629 g/mol. The maximum absolute atomic E-state index is 13.2. The number of sulfonamides is 1. The summed E-state index contributed by atoms with van der Waals surface area (Å²) in [6, 6.07) is 12.6. The summed E-state index contributed by atoms with van der Waals surface area (Å²) in [5.74, 6) is 0. The fourth-order valence-corrected chi connectivity index (χ4v) is 5.77. The molecule has 0 saturated heterocycles. The first-order chi connectivity index (χ1) is 15.6. The molecule has 13 heteroatoms. The first-order valence-corrected chi connectivity index (χ1v) is 13.3. The van der Waals surface area contributed by atoms with E-state index >= 15 is 0 Å². The number of hydrazone groups is 1. The van der Waals surface area contributed by atoms with E-state index in [4.69, 9.17) is 46.4 Å². The molecule has 180 valence electrons. The van der Waals surface area contributed by atoms with Crippen molar-refractivity contribution in [1.29, 1.82) is 0 Å². The molecule has 0 bridgehead atoms. The van der Waals surface area contributed by atoms with Gasteiger partial charge in [0.1, 0.15) is 10.0 Å². The van der Waals surface area contributed by atoms with Gasteiger partial charge in [-0.3, -0.25) is 0 Å². The molecule has 6 nitrogen and oxygen atoms in total. The van der Waals surface area contributed by atoms with Gasteiger partial charge in [-0.1, -0.05) is 64.6 Å². The quantitative estimate of drug-likeness (QED) is 0.283. The lowest BCUT2D eigenvalue weighted by Gasteiger charge is -2.21. The Morgan fingerprint density at radius 1 is 1.03 bits per heavy atom. The highest BCUT2D eigenvalue weighted by molar-refractivity contribution is 9.10. The van der Waals surface area contributed by atoms with E-state index in [0.717, 1.165) is 5.56 Å². The van der Waals surface area contributed by atoms with E-state index in [9.17, 15) is 8.42 Å². The molecule has 0 aliphatic carbocycles. The highest BCUT2D eigenvalue weighted by atomic mass is 79.9. The van der Waals surface area contributed by atoms with Crippen LogP contribution in [0.3, 0.4) is 0 Å². The van der Waals surface area contributed by atoms with Crippen molar-refractivity contribution in [1.82, 2.24) is 15.1 Å². The standard InChI is InChI=1S/C21H15BrCl4N4O2S.ClH/c22-16-8-14(10-27-21(16)26)33(31,32)30-20(15-6-5-13(24)7-17(15)25)19-9-18(28-29-19)11-1-3-12(23)4-2-11;/h1-8,10,18,20,28,30H,9H2;1H. The zero-order chi connectivity index (χ0) is 23.8. The Morgan fingerprint density at radius 3 is 2.35 bits per heavy atom. The minimum atomic E-state index is -4.02. The minimum absolute atomic E-state index is 0. The predicted octanol–water partition coefficient (Wildman–Crippen LogP) is 6.99. The molecule has 0 radical (unpaired) electrons. The molecule has 2 atom stereocenters. The van der Waals surface area contributed by atoms with Crippen LogP contribution < -0.4 is 10.1 Å². The lowest BCUT2D eigenvalue weighted by atomic mass is 9.96. The predicted molar refractivity (Wildman–Crippen MR) is 143 cm³/mol. The second-order valence-electron chi connectivity index (χ2n) is 7.20. The van der Waals surface area contributed by atoms with Gasteiger partial charge in [-0.25, -0.2) is 13.4 Å². The number of halogens is 6. The number of nitrogens with one attached hydrogen (secondary N) is 2. The van der Waals surface area contributed by atoms with Crippen LogP contribution in [0.1, 0.15) is 29.6 Å². The van der Waals surface area contributed by atoms with E-state index in [2.05, 4.69) is 36.2 Å². The number of rotatable bonds is 6. The highest BCUT2D eigenvalue weighted by Crippen LogP contribution is 2.34. The number of hydrogen-bond acceptors (Lipinski definition) is 5. The van der Waals surface area contributed by atoms with Crippen molar-refractivity contribution in [2.45, 2.75) is 23.4 Å². The van der Waals surface area contributed by atoms with Crippen LogP contribution in [-0.2, 0) is 10.0 Å². The molecule has 4 rings (SSSR count). The third kappa shape index (κ3) is 6.17. The van der Waals surface area contributed by atoms with Crippen LogP contribution in [0.25, 0.3) is 0 Å². The van der Waals surface area contributed by atoms with Crippen LogP contribution >= 0.6 is 74.7 Å². The zero-order valence-corrected chi connectivity index (χ0v) is 23.2. The second-order valence-corrected chi connectivity index (χ2v) is 11.4. The van der Waals surface area contributed by atoms with Gasteiger partial charge in [0.15, 0.2) is 0 Å². The van der Waals surface area contributed by atoms with Gasteiger partial charge in [-0.05, 0) is 57.4 Å². The van der Waals surface area contributed by atoms with Gasteiger partial charge in [-0.15, -0.1) is 12.4 Å². The molecule has 1 aromatic heterocycles. The van der Waals surface area contributed by atoms with Crippen LogP contribution in [-0.4, -0.2) is 19.1 Å². The van der Waals surface area contributed by atoms with Crippen molar-refractivity contribution in [2.24, 2.45) is 5.10 Å². The fraction of sp³-hybridized carbons (Fsp3) is 0.143. The molecule has 0 saturated carbocycles. The molecule has 34 heavy (non-hydrogen) atoms. The number of hydrogen-bond donors (Lipinski definition) is 2. The van der Waals surface area contributed by atoms with Gasteiger partial charge in [-0.2, -0.15) is 9.82 Å². The van der Waals surface area contributed by atoms with Crippen molar-refractivity contribution in [3.8, 4) is 0 Å². The summed E-state index contributed by atoms with van der Waals surface area (Å²) in [7, 11) is -4.02. The van der Waals surface area contributed by atoms with Crippen LogP contribution in [0.2, 0.25) is 20.2 Å². The molecule has 0 amide bonds. The summed E-state index contributed by atoms with van der Waals surface area (Å²) < 4.78 is 29.5. The second kappa shape index (κ2) is 11.3. The van der Waals surface area contributed by atoms with Gasteiger partial charge >= 0.3 is 0 Å². The average Bonchev–Trinajstić information content (AvgIpc) is 3.25. The van der Waals surface area contributed by atoms with Crippen LogP contribution in [0.15, 0.2) is 69.2 Å². The Hall–Kier alpha value is -1.10. The van der Waals surface area contributed by atoms with E-state index in [1.165, 1.54) is 12.3 Å². The van der Waals surface area contributed by atoms with Gasteiger partial charge in [0.05, 0.1) is 22.3 Å². The number of nitrogens with zero attached hydrogens (tertiary/aromatic N) is 2. The van der Waals surface area contributed by atoms with E-state index < -0.39 is 16.1 Å². The van der Waals surface area contributed by atoms with Crippen molar-refractivity contribution < 1.29 is 8.42 Å². The fourth-order valence-electron chi connectivity index (χ4n) is 3.35. The largest absolute Gasteiger partial charge is 0.302 e. The first kappa shape index (κ1) is 27.5. The monoisotopic (exact) mass is 642 g/mol. The summed E-state index contributed by atoms with van der Waals surface area (Å²) in [4.78, 5) is 3.85. The highest BCUT2D eigenvalue weighted by Gasteiger charge is 2.32. The third-order valence-corrected chi connectivity index (χ3v) is 8.35. The minimum Gasteiger partial charge on any atom is -0.302 e. The van der Waals surface area contributed by atoms with E-state index in [1.54, 1.807) is 30.3 Å². The molecule has 3 aromatic rings. The average molecular weight is 646 g/mol. The lowest BCUT2D eigenvalue weighted by Crippen LogP contribution is -2.34. The molecule has 0 spiro atoms. The summed E-state index contributed by atoms with van der Waals surface area (Å²) in [6.45, 7) is 0. The molecule has 2 unspecified atom stereocenters. The van der Waals surface area contributed by atoms with Gasteiger partial charge in [0, 0.05) is 27.7 Å². The molecule has 2 aromatic carbocycles. The molecule has 1 aliphatic rings. The molecule has 0 fully saturated rings. The Balaban J connectivity index is 0.00000324. The van der Waals surface area contributed by atoms with Crippen LogP contribution in [0, 0.1) is 0 Å². The van der Waals surface area contributed by atoms with Crippen molar-refractivity contribution in [3.63, 3.8) is 0 Å². The Kier molecular flexibility index (Phi) is 9.14. The van der Waals surface area contributed by atoms with Crippen LogP contribution in [0.5, 0.6) is 0 Å². The summed E-state index contributed by atoms with van der Waals surface area (Å²) in [5, 5.41) is 5.95. The topological polar surface area (TPSA) is 83.5 Å². The maximum Gasteiger partial charge on any atom is 0.243 e. The maximum atomic E-state index is 13.2. The first-order valence-electron chi connectivity index (χ1n) is 9.50. The summed E-state index contributed by atoms with van der Waals surface area (Å²) >= 11 is 27.6. The molecular formula is C21H16BrCl5N4O2S. The Morgan fingerprint density at radius 2 is 1.71 bits per heavy atom. The Bertz CT molecular complexity index is 1340. The van der Waals surface area contributed by atoms with Gasteiger partial charge in [0.2, 0.25) is 10.0 Å². The lowest BCUT2D eigenvalue weighted by molar-refractivity contribution is 0.576. The smallest absolute Gasteiger partial charge is 0.243 e. The SMILES string of the molecule is Cl.O=S(=O)(NC(C1=NNC(c2ccc(Cl)cc2)C1)c1ccc(Cl)cc1Cl)c1cnc(Cl)c(Br)c1. The van der Waals surface area contributed by atoms with Crippen molar-refractivity contribution >= 4 is 90.5 Å². The molecule has 1 aliphatic heterocycles. The normalized spacial score (nSPS) is 16.4. The van der Waals surface area contributed by atoms with Crippen LogP contribution in [0.4, 0.5) is 0 Å². The third-order valence-electron chi connectivity index (χ3n) is 5.01. The van der Waals surface area contributed by atoms with E-state index in [1.807, 2.05) is 12.1 Å². The number of pyridine rings is 1. The zero-order valence-electron chi connectivity index (χ0n) is 17.0. The van der Waals surface area contributed by atoms with Crippen molar-refractivity contribution in [2.75, 3.05) is 0 Å². The van der Waals surface area contributed by atoms with E-state index in [0.29, 0.717) is 37.2 Å². The molecule has 2 N–H and O–H groups in total. The summed E-state index contributed by atoms with van der Waals surface area (Å²) in [5.41, 5.74) is 5.11. The molecule has 2 heterocycles. The number of benzene rings is 2. The van der Waals surface area contributed by atoms with E-state index in [-0.39, 0.29) is 28.5 Å². The Labute approximate surface area is 231 Å². The van der Waals surface area contributed by atoms with Gasteiger partial charge < -0.3 is 5.43 Å².